The van der Waals surface area contributed by atoms with Crippen LogP contribution >= 0.6 is 11.6 Å². The molecule has 0 aliphatic heterocycles. The molecule has 0 aliphatic rings. The van der Waals surface area contributed by atoms with Crippen LogP contribution in [0.25, 0.3) is 28.0 Å². The number of rotatable bonds is 11. The lowest BCUT2D eigenvalue weighted by Gasteiger charge is -2.14. The molecule has 0 saturated heterocycles. The number of carbonyl (C=O) groups is 1. The Bertz CT molecular complexity index is 1840. The number of esters is 1. The Balaban J connectivity index is 1.68. The van der Waals surface area contributed by atoms with Crippen LogP contribution in [-0.4, -0.2) is 38.1 Å². The average Bonchev–Trinajstić information content (AvgIpc) is 3.35. The van der Waals surface area contributed by atoms with Gasteiger partial charge in [-0.05, 0) is 48.7 Å². The zero-order chi connectivity index (χ0) is 30.5. The minimum absolute atomic E-state index is 0.117. The Kier molecular flexibility index (Phi) is 8.96. The molecule has 3 aromatic carbocycles. The predicted molar refractivity (Wildman–Crippen MR) is 164 cm³/mol. The lowest BCUT2D eigenvalue weighted by Crippen LogP contribution is -2.34. The van der Waals surface area contributed by atoms with Crippen molar-refractivity contribution in [3.63, 3.8) is 0 Å². The van der Waals surface area contributed by atoms with Crippen LogP contribution in [0, 0.1) is 10.1 Å². The molecule has 1 atom stereocenters. The molecular weight excluding hydrogens is 572 g/mol. The molecule has 43 heavy (non-hydrogen) atoms. The molecular formula is C31H29ClN6O5. The van der Waals surface area contributed by atoms with Gasteiger partial charge in [0.2, 0.25) is 0 Å². The Hall–Kier alpha value is -4.84. The molecule has 0 bridgehead atoms. The quantitative estimate of drug-likeness (QED) is 0.0633. The predicted octanol–water partition coefficient (Wildman–Crippen LogP) is 4.87. The summed E-state index contributed by atoms with van der Waals surface area (Å²) in [5, 5.41) is 17.1. The van der Waals surface area contributed by atoms with Gasteiger partial charge in [-0.3, -0.25) is 14.9 Å². The van der Waals surface area contributed by atoms with Crippen molar-refractivity contribution in [3.05, 3.63) is 116 Å². The maximum absolute atomic E-state index is 13.1. The number of hydrogen-bond acceptors (Lipinski definition) is 8. The van der Waals surface area contributed by atoms with E-state index in [4.69, 9.17) is 32.9 Å². The van der Waals surface area contributed by atoms with Crippen LogP contribution in [0.2, 0.25) is 5.02 Å². The van der Waals surface area contributed by atoms with Gasteiger partial charge in [-0.1, -0.05) is 60.5 Å². The largest absolute Gasteiger partial charge is 0.424 e. The number of carbonyl (C=O) groups excluding carboxylic acids is 1. The number of nitro groups is 1. The van der Waals surface area contributed by atoms with E-state index in [1.807, 2.05) is 42.5 Å². The molecule has 0 spiro atoms. The first-order chi connectivity index (χ1) is 20.7. The fourth-order valence-electron chi connectivity index (χ4n) is 4.85. The number of nitrogens with two attached hydrogens (primary N) is 2. The van der Waals surface area contributed by atoms with Crippen molar-refractivity contribution in [1.82, 2.24) is 14.6 Å². The van der Waals surface area contributed by atoms with Gasteiger partial charge in [0.25, 0.3) is 11.2 Å². The number of aromatic nitrogens is 3. The van der Waals surface area contributed by atoms with Crippen molar-refractivity contribution >= 4 is 28.9 Å². The minimum atomic E-state index is -0.962. The summed E-state index contributed by atoms with van der Waals surface area (Å²) in [6, 6.07) is 21.1. The summed E-state index contributed by atoms with van der Waals surface area (Å²) in [4.78, 5) is 39.9. The summed E-state index contributed by atoms with van der Waals surface area (Å²) in [6.45, 7) is 0.462. The Labute approximate surface area is 251 Å². The SMILES string of the molecule is NCCCC[C@H](N)C(=O)Oc1cc([N+](=O)[O-])ccc1-c1cc(=O)[nH]c2c(-c3ccc(Cl)cc3)c(Cc3ccccc3)nn12. The van der Waals surface area contributed by atoms with Crippen LogP contribution in [0.15, 0.2) is 83.7 Å². The summed E-state index contributed by atoms with van der Waals surface area (Å²) >= 11 is 6.16. The van der Waals surface area contributed by atoms with Gasteiger partial charge in [-0.25, -0.2) is 9.31 Å². The van der Waals surface area contributed by atoms with Gasteiger partial charge in [0.05, 0.1) is 22.4 Å². The van der Waals surface area contributed by atoms with E-state index in [1.54, 1.807) is 16.6 Å². The topological polar surface area (TPSA) is 172 Å². The van der Waals surface area contributed by atoms with Crippen molar-refractivity contribution in [2.75, 3.05) is 6.54 Å². The number of nitrogens with one attached hydrogen (secondary N) is 1. The number of fused-ring (bicyclic) bond motifs is 1. The van der Waals surface area contributed by atoms with Gasteiger partial charge in [0.15, 0.2) is 0 Å². The highest BCUT2D eigenvalue weighted by atomic mass is 35.5. The molecule has 11 nitrogen and oxygen atoms in total. The zero-order valence-electron chi connectivity index (χ0n) is 23.0. The molecule has 0 unspecified atom stereocenters. The highest BCUT2D eigenvalue weighted by molar-refractivity contribution is 6.30. The van der Waals surface area contributed by atoms with Crippen molar-refractivity contribution < 1.29 is 14.5 Å². The summed E-state index contributed by atoms with van der Waals surface area (Å²) < 4.78 is 7.18. The van der Waals surface area contributed by atoms with Gasteiger partial charge >= 0.3 is 5.97 Å². The van der Waals surface area contributed by atoms with E-state index in [0.29, 0.717) is 54.2 Å². The summed E-state index contributed by atoms with van der Waals surface area (Å²) in [5.41, 5.74) is 14.9. The first kappa shape index (κ1) is 29.6. The Morgan fingerprint density at radius 3 is 2.51 bits per heavy atom. The van der Waals surface area contributed by atoms with Crippen molar-refractivity contribution in [1.29, 1.82) is 0 Å². The maximum Gasteiger partial charge on any atom is 0.328 e. The van der Waals surface area contributed by atoms with Crippen molar-refractivity contribution in [2.45, 2.75) is 31.7 Å². The monoisotopic (exact) mass is 600 g/mol. The zero-order valence-corrected chi connectivity index (χ0v) is 23.8. The standard InChI is InChI=1S/C31H29ClN6O5/c32-21-11-9-20(10-12-21)29-25(16-19-6-2-1-3-7-19)36-37-26(18-28(39)35-30(29)37)23-14-13-22(38(41)42)17-27(23)43-31(40)24(34)8-4-5-15-33/h1-3,6-7,9-14,17-18,24H,4-5,8,15-16,33-34H2,(H,35,39)/t24-/m0/s1. The first-order valence-electron chi connectivity index (χ1n) is 13.7. The normalized spacial score (nSPS) is 11.9. The molecule has 5 N–H and O–H groups in total. The number of H-pyrrole nitrogens is 1. The molecule has 0 saturated carbocycles. The van der Waals surface area contributed by atoms with Crippen LogP contribution in [0.3, 0.4) is 0 Å². The third kappa shape index (κ3) is 6.64. The van der Waals surface area contributed by atoms with Crippen molar-refractivity contribution in [2.24, 2.45) is 11.5 Å². The van der Waals surface area contributed by atoms with Crippen LogP contribution in [-0.2, 0) is 11.2 Å². The maximum atomic E-state index is 13.1. The van der Waals surface area contributed by atoms with Gasteiger partial charge in [0.1, 0.15) is 17.4 Å². The van der Waals surface area contributed by atoms with Crippen LogP contribution in [0.1, 0.15) is 30.5 Å². The summed E-state index contributed by atoms with van der Waals surface area (Å²) in [6.07, 6.45) is 2.09. The molecule has 5 aromatic rings. The van der Waals surface area contributed by atoms with Crippen LogP contribution in [0.4, 0.5) is 5.69 Å². The van der Waals surface area contributed by atoms with E-state index in [-0.39, 0.29) is 22.7 Å². The van der Waals surface area contributed by atoms with Crippen LogP contribution in [0.5, 0.6) is 5.75 Å². The number of benzene rings is 3. The second-order valence-corrected chi connectivity index (χ2v) is 10.5. The smallest absolute Gasteiger partial charge is 0.328 e. The van der Waals surface area contributed by atoms with E-state index in [0.717, 1.165) is 17.2 Å². The number of halogens is 1. The molecule has 0 fully saturated rings. The third-order valence-electron chi connectivity index (χ3n) is 6.98. The molecule has 2 heterocycles. The van der Waals surface area contributed by atoms with E-state index in [2.05, 4.69) is 4.98 Å². The Morgan fingerprint density at radius 1 is 1.07 bits per heavy atom. The fraction of sp³-hybridized carbons (Fsp3) is 0.194. The fourth-order valence-corrected chi connectivity index (χ4v) is 4.97. The molecule has 220 valence electrons. The highest BCUT2D eigenvalue weighted by Gasteiger charge is 2.24. The summed E-state index contributed by atoms with van der Waals surface area (Å²) in [5.74, 6) is -0.875. The average molecular weight is 601 g/mol. The molecule has 0 amide bonds. The molecule has 12 heteroatoms. The molecule has 0 radical (unpaired) electrons. The number of ether oxygens (including phenoxy) is 1. The number of hydrogen-bond donors (Lipinski definition) is 3. The van der Waals surface area contributed by atoms with Gasteiger partial charge in [-0.2, -0.15) is 5.10 Å². The minimum Gasteiger partial charge on any atom is -0.424 e. The second kappa shape index (κ2) is 13.0. The lowest BCUT2D eigenvalue weighted by atomic mass is 10.0. The van der Waals surface area contributed by atoms with Crippen molar-refractivity contribution in [3.8, 4) is 28.1 Å². The number of nitrogens with zero attached hydrogens (tertiary/aromatic N) is 3. The summed E-state index contributed by atoms with van der Waals surface area (Å²) in [7, 11) is 0. The molecule has 0 aliphatic carbocycles. The van der Waals surface area contributed by atoms with Gasteiger partial charge < -0.3 is 21.2 Å². The van der Waals surface area contributed by atoms with Gasteiger partial charge in [-0.15, -0.1) is 0 Å². The lowest BCUT2D eigenvalue weighted by molar-refractivity contribution is -0.384. The van der Waals surface area contributed by atoms with E-state index in [1.165, 1.54) is 18.2 Å². The van der Waals surface area contributed by atoms with E-state index in [9.17, 15) is 19.7 Å². The van der Waals surface area contributed by atoms with Gasteiger partial charge in [0, 0.05) is 34.7 Å². The Morgan fingerprint density at radius 2 is 1.81 bits per heavy atom. The van der Waals surface area contributed by atoms with E-state index >= 15 is 0 Å². The number of unbranched alkanes of at least 4 members (excludes halogenated alkanes) is 1. The van der Waals surface area contributed by atoms with Crippen LogP contribution < -0.4 is 21.8 Å². The number of nitro benzene ring substituents is 1. The first-order valence-corrected chi connectivity index (χ1v) is 14.0. The van der Waals surface area contributed by atoms with E-state index < -0.39 is 22.5 Å². The second-order valence-electron chi connectivity index (χ2n) is 10.0. The highest BCUT2D eigenvalue weighted by Crippen LogP contribution is 2.36. The number of aromatic amines is 1. The molecule has 5 rings (SSSR count). The third-order valence-corrected chi connectivity index (χ3v) is 7.23. The molecule has 2 aromatic heterocycles. The number of non-ortho nitro benzene ring substituents is 1.